The second kappa shape index (κ2) is 7.35. The molecule has 2 bridgehead atoms. The highest BCUT2D eigenvalue weighted by atomic mass is 16.7. The number of aliphatic hydroxyl groups excluding tert-OH is 2. The summed E-state index contributed by atoms with van der Waals surface area (Å²) in [5.74, 6) is -7.47. The summed E-state index contributed by atoms with van der Waals surface area (Å²) < 4.78 is 17.4. The molecule has 4 N–H and O–H groups in total. The Balaban J connectivity index is 1.69. The molecule has 2 saturated heterocycles. The molecular weight excluding hydrogens is 460 g/mol. The minimum absolute atomic E-state index is 0.0510. The fraction of sp³-hybridized carbons (Fsp3) is 0.800. The average molecular weight is 495 g/mol. The Bertz CT molecular complexity index is 1020. The number of aliphatic hydroxyl groups is 4. The molecule has 0 aromatic heterocycles. The average Bonchev–Trinajstić information content (AvgIpc) is 3.08. The largest absolute Gasteiger partial charge is 0.459 e. The van der Waals surface area contributed by atoms with Crippen molar-refractivity contribution in [1.82, 2.24) is 0 Å². The second-order valence-corrected chi connectivity index (χ2v) is 11.6. The van der Waals surface area contributed by atoms with Crippen molar-refractivity contribution in [3.05, 3.63) is 11.6 Å². The van der Waals surface area contributed by atoms with Gasteiger partial charge in [0, 0.05) is 22.7 Å². The Labute approximate surface area is 203 Å². The number of carbonyl (C=O) groups is 3. The van der Waals surface area contributed by atoms with E-state index in [1.807, 2.05) is 0 Å². The van der Waals surface area contributed by atoms with Crippen LogP contribution in [-0.4, -0.2) is 80.6 Å². The lowest BCUT2D eigenvalue weighted by Gasteiger charge is -2.68. The van der Waals surface area contributed by atoms with E-state index in [1.54, 1.807) is 27.7 Å². The van der Waals surface area contributed by atoms with Gasteiger partial charge in [-0.1, -0.05) is 26.3 Å². The van der Waals surface area contributed by atoms with Gasteiger partial charge in [-0.25, -0.2) is 9.59 Å². The van der Waals surface area contributed by atoms with Gasteiger partial charge in [-0.15, -0.1) is 0 Å². The fourth-order valence-corrected chi connectivity index (χ4v) is 8.12. The molecule has 2 heterocycles. The van der Waals surface area contributed by atoms with Crippen LogP contribution in [0.5, 0.6) is 0 Å². The first kappa shape index (κ1) is 24.8. The summed E-state index contributed by atoms with van der Waals surface area (Å²) in [5.41, 5.74) is -3.54. The number of rotatable bonds is 3. The zero-order valence-corrected chi connectivity index (χ0v) is 20.6. The Hall–Kier alpha value is -1.85. The molecule has 4 fully saturated rings. The molecule has 0 amide bonds. The van der Waals surface area contributed by atoms with Gasteiger partial charge < -0.3 is 34.6 Å². The molecule has 0 aromatic rings. The molecular formula is C25H34O10. The maximum absolute atomic E-state index is 13.3. The van der Waals surface area contributed by atoms with Crippen LogP contribution in [0, 0.1) is 34.5 Å². The summed E-state index contributed by atoms with van der Waals surface area (Å²) >= 11 is 0. The van der Waals surface area contributed by atoms with Crippen molar-refractivity contribution in [1.29, 1.82) is 0 Å². The number of fused-ring (bicyclic) bond motifs is 1. The highest BCUT2D eigenvalue weighted by Gasteiger charge is 2.83. The van der Waals surface area contributed by atoms with E-state index < -0.39 is 88.0 Å². The van der Waals surface area contributed by atoms with Crippen LogP contribution in [-0.2, 0) is 28.6 Å². The maximum Gasteiger partial charge on any atom is 0.348 e. The topological polar surface area (TPSA) is 160 Å². The van der Waals surface area contributed by atoms with Crippen molar-refractivity contribution in [2.24, 2.45) is 34.5 Å². The number of allylic oxidation sites excluding steroid dienone is 1. The van der Waals surface area contributed by atoms with E-state index in [1.165, 1.54) is 13.0 Å². The van der Waals surface area contributed by atoms with Gasteiger partial charge in [0.25, 0.3) is 0 Å². The summed E-state index contributed by atoms with van der Waals surface area (Å²) in [5, 5.41) is 44.8. The lowest BCUT2D eigenvalue weighted by molar-refractivity contribution is -0.340. The molecule has 1 spiro atoms. The SMILES string of the molecule is CC[C@](C)(O)C(=O)O[C@H]1C(=O)O[C@@H]2C[C@H]3C(C)=CC(=O)[C@@H](O)[C@]3(C)[C@H]3[C@@]4(O)OC[C@]32[C@@H]1[C@@H](C)[C@H]4O. The predicted molar refractivity (Wildman–Crippen MR) is 117 cm³/mol. The van der Waals surface area contributed by atoms with Gasteiger partial charge in [-0.3, -0.25) is 4.79 Å². The first-order chi connectivity index (χ1) is 16.2. The van der Waals surface area contributed by atoms with Gasteiger partial charge in [0.2, 0.25) is 6.10 Å². The number of ketones is 1. The van der Waals surface area contributed by atoms with Crippen molar-refractivity contribution in [3.8, 4) is 0 Å². The third-order valence-corrected chi connectivity index (χ3v) is 9.99. The number of carbonyl (C=O) groups excluding carboxylic acids is 3. The minimum Gasteiger partial charge on any atom is -0.459 e. The van der Waals surface area contributed by atoms with Crippen LogP contribution in [0.1, 0.15) is 47.5 Å². The quantitative estimate of drug-likeness (QED) is 0.389. The van der Waals surface area contributed by atoms with Gasteiger partial charge in [0.1, 0.15) is 18.3 Å². The zero-order valence-electron chi connectivity index (χ0n) is 20.6. The number of ether oxygens (including phenoxy) is 3. The molecule has 12 atom stereocenters. The minimum atomic E-state index is -2.12. The van der Waals surface area contributed by atoms with E-state index >= 15 is 0 Å². The van der Waals surface area contributed by atoms with Crippen molar-refractivity contribution in [2.75, 3.05) is 6.61 Å². The Morgan fingerprint density at radius 2 is 1.97 bits per heavy atom. The summed E-state index contributed by atoms with van der Waals surface area (Å²) in [6.07, 6.45) is -3.51. The summed E-state index contributed by atoms with van der Waals surface area (Å²) in [4.78, 5) is 38.8. The second-order valence-electron chi connectivity index (χ2n) is 11.6. The first-order valence-electron chi connectivity index (χ1n) is 12.3. The van der Waals surface area contributed by atoms with Crippen LogP contribution in [0.15, 0.2) is 11.6 Å². The molecule has 5 rings (SSSR count). The molecule has 194 valence electrons. The number of hydrogen-bond acceptors (Lipinski definition) is 10. The van der Waals surface area contributed by atoms with E-state index in [0.717, 1.165) is 0 Å². The van der Waals surface area contributed by atoms with Crippen LogP contribution in [0.25, 0.3) is 0 Å². The van der Waals surface area contributed by atoms with Crippen LogP contribution in [0.4, 0.5) is 0 Å². The van der Waals surface area contributed by atoms with Gasteiger partial charge in [-0.05, 0) is 44.6 Å². The molecule has 2 saturated carbocycles. The molecule has 0 unspecified atom stereocenters. The highest BCUT2D eigenvalue weighted by molar-refractivity contribution is 5.96. The van der Waals surface area contributed by atoms with Crippen LogP contribution < -0.4 is 0 Å². The summed E-state index contributed by atoms with van der Waals surface area (Å²) in [6.45, 7) is 7.88. The third kappa shape index (κ3) is 2.80. The highest BCUT2D eigenvalue weighted by Crippen LogP contribution is 2.73. The van der Waals surface area contributed by atoms with E-state index in [4.69, 9.17) is 14.2 Å². The standard InChI is InChI=1S/C25H34O10/c1-6-22(4,31)21(30)35-16-15-11(3)17(27)25(32)20-23(5)12(10(2)7-13(26)18(23)28)8-14(34-19(16)29)24(15,20)9-33-25/h7,11-12,14-18,20,27-28,31-32H,6,8-9H2,1-5H3/t11-,12+,14-,15-,16-,17-,18-,20-,22+,23-,24+,25+/m1/s1. The summed E-state index contributed by atoms with van der Waals surface area (Å²) in [6, 6.07) is 0. The Morgan fingerprint density at radius 3 is 2.60 bits per heavy atom. The number of hydrogen-bond donors (Lipinski definition) is 4. The maximum atomic E-state index is 13.3. The van der Waals surface area contributed by atoms with E-state index in [9.17, 15) is 34.8 Å². The van der Waals surface area contributed by atoms with E-state index in [0.29, 0.717) is 5.57 Å². The van der Waals surface area contributed by atoms with E-state index in [2.05, 4.69) is 0 Å². The van der Waals surface area contributed by atoms with E-state index in [-0.39, 0.29) is 19.4 Å². The molecule has 10 heteroatoms. The lowest BCUT2D eigenvalue weighted by atomic mass is 9.38. The molecule has 0 radical (unpaired) electrons. The van der Waals surface area contributed by atoms with Crippen molar-refractivity contribution in [2.45, 2.75) is 83.3 Å². The van der Waals surface area contributed by atoms with Crippen LogP contribution in [0.2, 0.25) is 0 Å². The van der Waals surface area contributed by atoms with Crippen molar-refractivity contribution < 1.29 is 49.0 Å². The smallest absolute Gasteiger partial charge is 0.348 e. The fourth-order valence-electron chi connectivity index (χ4n) is 8.12. The third-order valence-electron chi connectivity index (χ3n) is 9.99. The molecule has 3 aliphatic carbocycles. The van der Waals surface area contributed by atoms with Gasteiger partial charge in [0.05, 0.1) is 6.61 Å². The van der Waals surface area contributed by atoms with Crippen LogP contribution >= 0.6 is 0 Å². The Morgan fingerprint density at radius 1 is 1.31 bits per heavy atom. The van der Waals surface area contributed by atoms with Gasteiger partial charge >= 0.3 is 11.9 Å². The normalized spacial score (nSPS) is 52.0. The monoisotopic (exact) mass is 494 g/mol. The number of esters is 2. The van der Waals surface area contributed by atoms with Gasteiger partial charge in [0.15, 0.2) is 17.2 Å². The van der Waals surface area contributed by atoms with Crippen LogP contribution in [0.3, 0.4) is 0 Å². The Kier molecular flexibility index (Phi) is 5.21. The predicted octanol–water partition coefficient (Wildman–Crippen LogP) is -0.151. The first-order valence-corrected chi connectivity index (χ1v) is 12.3. The molecule has 0 aromatic carbocycles. The van der Waals surface area contributed by atoms with Gasteiger partial charge in [-0.2, -0.15) is 0 Å². The lowest BCUT2D eigenvalue weighted by Crippen LogP contribution is -2.78. The molecule has 10 nitrogen and oxygen atoms in total. The molecule has 35 heavy (non-hydrogen) atoms. The zero-order chi connectivity index (χ0) is 25.9. The molecule has 2 aliphatic heterocycles. The summed E-state index contributed by atoms with van der Waals surface area (Å²) in [7, 11) is 0. The molecule has 5 aliphatic rings. The van der Waals surface area contributed by atoms with Crippen molar-refractivity contribution >= 4 is 17.7 Å². The van der Waals surface area contributed by atoms with Crippen molar-refractivity contribution in [3.63, 3.8) is 0 Å².